The van der Waals surface area contributed by atoms with Crippen LogP contribution in [0.1, 0.15) is 5.56 Å². The maximum absolute atomic E-state index is 13.0. The van der Waals surface area contributed by atoms with Crippen LogP contribution in [0.25, 0.3) is 11.4 Å². The monoisotopic (exact) mass is 413 g/mol. The van der Waals surface area contributed by atoms with Crippen molar-refractivity contribution in [2.75, 3.05) is 0 Å². The van der Waals surface area contributed by atoms with E-state index in [1.165, 1.54) is 36.0 Å². The number of benzene rings is 2. The van der Waals surface area contributed by atoms with Gasteiger partial charge in [0.05, 0.1) is 4.90 Å². The molecule has 0 radical (unpaired) electrons. The third kappa shape index (κ3) is 4.16. The van der Waals surface area contributed by atoms with E-state index in [1.54, 1.807) is 23.7 Å². The minimum atomic E-state index is -4.59. The lowest BCUT2D eigenvalue weighted by molar-refractivity contribution is 0.234. The first-order valence-electron chi connectivity index (χ1n) is 7.68. The maximum atomic E-state index is 13.0. The van der Waals surface area contributed by atoms with Crippen LogP contribution in [0.4, 0.5) is 13.2 Å². The highest BCUT2D eigenvalue weighted by Crippen LogP contribution is 2.26. The lowest BCUT2D eigenvalue weighted by Crippen LogP contribution is -2.11. The van der Waals surface area contributed by atoms with Gasteiger partial charge in [-0.05, 0) is 42.0 Å². The van der Waals surface area contributed by atoms with Gasteiger partial charge in [0, 0.05) is 18.4 Å². The van der Waals surface area contributed by atoms with Crippen LogP contribution < -0.4 is 0 Å². The SMILES string of the molecule is Cn1c(SCc2ccc(S(=O)(=O)C(F)F)cc2)nnc1-c1ccc(F)cc1. The molecule has 0 unspecified atom stereocenters. The van der Waals surface area contributed by atoms with Gasteiger partial charge in [0.2, 0.25) is 9.84 Å². The first-order chi connectivity index (χ1) is 12.8. The Balaban J connectivity index is 1.72. The molecule has 0 aliphatic rings. The van der Waals surface area contributed by atoms with Gasteiger partial charge in [-0.15, -0.1) is 10.2 Å². The van der Waals surface area contributed by atoms with Gasteiger partial charge in [0.25, 0.3) is 0 Å². The van der Waals surface area contributed by atoms with E-state index in [-0.39, 0.29) is 5.82 Å². The third-order valence-electron chi connectivity index (χ3n) is 3.79. The number of halogens is 3. The van der Waals surface area contributed by atoms with Crippen molar-refractivity contribution in [2.24, 2.45) is 7.05 Å². The largest absolute Gasteiger partial charge is 0.341 e. The summed E-state index contributed by atoms with van der Waals surface area (Å²) in [7, 11) is -2.81. The number of alkyl halides is 2. The van der Waals surface area contributed by atoms with E-state index in [1.807, 2.05) is 0 Å². The smallest absolute Gasteiger partial charge is 0.305 e. The van der Waals surface area contributed by atoms with Crippen LogP contribution >= 0.6 is 11.8 Å². The van der Waals surface area contributed by atoms with E-state index in [2.05, 4.69) is 10.2 Å². The molecule has 0 aliphatic heterocycles. The van der Waals surface area contributed by atoms with Gasteiger partial charge in [-0.25, -0.2) is 12.8 Å². The molecule has 0 amide bonds. The molecular formula is C17H14F3N3O2S2. The Morgan fingerprint density at radius 3 is 2.26 bits per heavy atom. The highest BCUT2D eigenvalue weighted by Gasteiger charge is 2.26. The van der Waals surface area contributed by atoms with Crippen molar-refractivity contribution in [1.29, 1.82) is 0 Å². The second-order valence-corrected chi connectivity index (χ2v) is 8.47. The zero-order valence-electron chi connectivity index (χ0n) is 14.0. The fourth-order valence-corrected chi connectivity index (χ4v) is 3.91. The standard InChI is InChI=1S/C17H14F3N3O2S2/c1-23-15(12-4-6-13(18)7-5-12)21-22-17(23)26-10-11-2-8-14(9-3-11)27(24,25)16(19)20/h2-9,16H,10H2,1H3. The van der Waals surface area contributed by atoms with Crippen molar-refractivity contribution in [3.63, 3.8) is 0 Å². The van der Waals surface area contributed by atoms with Gasteiger partial charge in [-0.2, -0.15) is 8.78 Å². The number of rotatable bonds is 6. The Morgan fingerprint density at radius 1 is 1.04 bits per heavy atom. The molecule has 142 valence electrons. The van der Waals surface area contributed by atoms with E-state index in [9.17, 15) is 21.6 Å². The van der Waals surface area contributed by atoms with Crippen molar-refractivity contribution in [3.05, 3.63) is 59.9 Å². The lowest BCUT2D eigenvalue weighted by Gasteiger charge is -2.06. The summed E-state index contributed by atoms with van der Waals surface area (Å²) in [5, 5.41) is 8.81. The molecule has 0 bridgehead atoms. The fraction of sp³-hybridized carbons (Fsp3) is 0.176. The fourth-order valence-electron chi connectivity index (χ4n) is 2.32. The molecule has 3 rings (SSSR count). The summed E-state index contributed by atoms with van der Waals surface area (Å²) in [6.07, 6.45) is 0. The Kier molecular flexibility index (Phi) is 5.56. The number of aromatic nitrogens is 3. The van der Waals surface area contributed by atoms with Crippen LogP contribution in [-0.4, -0.2) is 28.9 Å². The summed E-state index contributed by atoms with van der Waals surface area (Å²) in [5.41, 5.74) is 1.47. The second kappa shape index (κ2) is 7.73. The molecule has 0 saturated heterocycles. The predicted molar refractivity (Wildman–Crippen MR) is 95.6 cm³/mol. The molecule has 1 aromatic heterocycles. The third-order valence-corrected chi connectivity index (χ3v) is 6.28. The number of hydrogen-bond donors (Lipinski definition) is 0. The zero-order valence-corrected chi connectivity index (χ0v) is 15.6. The summed E-state index contributed by atoms with van der Waals surface area (Å²) in [5.74, 6) is -2.75. The summed E-state index contributed by atoms with van der Waals surface area (Å²) in [4.78, 5) is -0.413. The van der Waals surface area contributed by atoms with Crippen molar-refractivity contribution >= 4 is 21.6 Å². The number of sulfone groups is 1. The normalized spacial score (nSPS) is 11.9. The van der Waals surface area contributed by atoms with Crippen molar-refractivity contribution in [3.8, 4) is 11.4 Å². The Labute approximate surface area is 158 Å². The lowest BCUT2D eigenvalue weighted by atomic mass is 10.2. The topological polar surface area (TPSA) is 64.8 Å². The molecule has 0 N–H and O–H groups in total. The van der Waals surface area contributed by atoms with Crippen LogP contribution in [0.5, 0.6) is 0 Å². The Bertz CT molecular complexity index is 1030. The quantitative estimate of drug-likeness (QED) is 0.574. The highest BCUT2D eigenvalue weighted by molar-refractivity contribution is 7.98. The van der Waals surface area contributed by atoms with Gasteiger partial charge in [-0.1, -0.05) is 23.9 Å². The first kappa shape index (κ1) is 19.4. The van der Waals surface area contributed by atoms with E-state index in [0.717, 1.165) is 23.3 Å². The molecule has 3 aromatic rings. The summed E-state index contributed by atoms with van der Waals surface area (Å²) < 4.78 is 62.7. The van der Waals surface area contributed by atoms with Gasteiger partial charge < -0.3 is 4.57 Å². The average molecular weight is 413 g/mol. The van der Waals surface area contributed by atoms with Gasteiger partial charge in [-0.3, -0.25) is 0 Å². The van der Waals surface area contributed by atoms with Gasteiger partial charge in [0.15, 0.2) is 11.0 Å². The highest BCUT2D eigenvalue weighted by atomic mass is 32.2. The molecule has 0 spiro atoms. The van der Waals surface area contributed by atoms with E-state index in [4.69, 9.17) is 0 Å². The molecule has 27 heavy (non-hydrogen) atoms. The number of nitrogens with zero attached hydrogens (tertiary/aromatic N) is 3. The van der Waals surface area contributed by atoms with Crippen molar-refractivity contribution in [1.82, 2.24) is 14.8 Å². The molecule has 5 nitrogen and oxygen atoms in total. The molecule has 0 saturated carbocycles. The first-order valence-corrected chi connectivity index (χ1v) is 10.2. The van der Waals surface area contributed by atoms with Crippen LogP contribution in [0.15, 0.2) is 58.6 Å². The molecule has 0 aliphatic carbocycles. The van der Waals surface area contributed by atoms with E-state index >= 15 is 0 Å². The predicted octanol–water partition coefficient (Wildman–Crippen LogP) is 3.91. The van der Waals surface area contributed by atoms with Crippen molar-refractivity contribution < 1.29 is 21.6 Å². The summed E-state index contributed by atoms with van der Waals surface area (Å²) in [6.45, 7) is 0. The Morgan fingerprint density at radius 2 is 1.67 bits per heavy atom. The summed E-state index contributed by atoms with van der Waals surface area (Å²) in [6, 6.07) is 11.2. The molecular weight excluding hydrogens is 399 g/mol. The molecule has 0 atom stereocenters. The van der Waals surface area contributed by atoms with Crippen LogP contribution in [0.3, 0.4) is 0 Å². The van der Waals surface area contributed by atoms with E-state index in [0.29, 0.717) is 16.7 Å². The molecule has 2 aromatic carbocycles. The van der Waals surface area contributed by atoms with Crippen LogP contribution in [0.2, 0.25) is 0 Å². The second-order valence-electron chi connectivity index (χ2n) is 5.61. The van der Waals surface area contributed by atoms with Crippen molar-refractivity contribution in [2.45, 2.75) is 21.6 Å². The van der Waals surface area contributed by atoms with E-state index < -0.39 is 20.5 Å². The summed E-state index contributed by atoms with van der Waals surface area (Å²) >= 11 is 1.36. The number of thioether (sulfide) groups is 1. The molecule has 10 heteroatoms. The average Bonchev–Trinajstić information content (AvgIpc) is 3.01. The van der Waals surface area contributed by atoms with Crippen LogP contribution in [-0.2, 0) is 22.6 Å². The Hall–Kier alpha value is -2.33. The van der Waals surface area contributed by atoms with Gasteiger partial charge >= 0.3 is 5.76 Å². The van der Waals surface area contributed by atoms with Crippen LogP contribution in [0, 0.1) is 5.82 Å². The minimum Gasteiger partial charge on any atom is -0.305 e. The number of hydrogen-bond acceptors (Lipinski definition) is 5. The molecule has 0 fully saturated rings. The maximum Gasteiger partial charge on any atom is 0.341 e. The molecule has 1 heterocycles. The van der Waals surface area contributed by atoms with Gasteiger partial charge in [0.1, 0.15) is 5.82 Å². The zero-order chi connectivity index (χ0) is 19.6. The minimum absolute atomic E-state index is 0.340.